The molecule has 1 fully saturated rings. The Kier molecular flexibility index (Phi) is 5.09. The highest BCUT2D eigenvalue weighted by atomic mass is 16.4. The van der Waals surface area contributed by atoms with Crippen molar-refractivity contribution in [2.45, 2.75) is 26.7 Å². The van der Waals surface area contributed by atoms with Crippen LogP contribution in [0, 0.1) is 19.8 Å². The highest BCUT2D eigenvalue weighted by molar-refractivity contribution is 5.86. The first-order valence-corrected chi connectivity index (χ1v) is 10.8. The molecular weight excluding hydrogens is 404 g/mol. The lowest BCUT2D eigenvalue weighted by Crippen LogP contribution is -2.37. The van der Waals surface area contributed by atoms with Gasteiger partial charge >= 0.3 is 5.97 Å². The number of rotatable bonds is 4. The Bertz CT molecular complexity index is 1270. The zero-order valence-corrected chi connectivity index (χ0v) is 18.1. The quantitative estimate of drug-likeness (QED) is 0.496. The number of aryl methyl sites for hydroxylation is 2. The van der Waals surface area contributed by atoms with Crippen LogP contribution in [0.1, 0.15) is 24.0 Å². The Balaban J connectivity index is 1.61. The highest BCUT2D eigenvalue weighted by Gasteiger charge is 2.28. The number of anilines is 1. The second kappa shape index (κ2) is 8.07. The number of carboxylic acids is 1. The van der Waals surface area contributed by atoms with E-state index in [2.05, 4.69) is 9.88 Å². The molecule has 4 aromatic rings. The summed E-state index contributed by atoms with van der Waals surface area (Å²) >= 11 is 0. The van der Waals surface area contributed by atoms with Gasteiger partial charge in [0, 0.05) is 24.2 Å². The molecule has 5 rings (SSSR count). The zero-order chi connectivity index (χ0) is 22.2. The predicted octanol–water partition coefficient (Wildman–Crippen LogP) is 4.87. The fraction of sp³-hybridized carbons (Fsp3) is 0.280. The van der Waals surface area contributed by atoms with E-state index in [1.165, 1.54) is 0 Å². The Morgan fingerprint density at radius 2 is 1.50 bits per heavy atom. The van der Waals surface area contributed by atoms with E-state index in [4.69, 9.17) is 14.4 Å². The lowest BCUT2D eigenvalue weighted by atomic mass is 9.97. The summed E-state index contributed by atoms with van der Waals surface area (Å²) in [7, 11) is 0. The van der Waals surface area contributed by atoms with Gasteiger partial charge in [-0.15, -0.1) is 0 Å². The third kappa shape index (κ3) is 3.82. The highest BCUT2D eigenvalue weighted by Crippen LogP contribution is 2.33. The van der Waals surface area contributed by atoms with Gasteiger partial charge in [0.05, 0.1) is 5.92 Å². The Labute approximate surface area is 185 Å². The zero-order valence-electron chi connectivity index (χ0n) is 18.1. The molecular formula is C25H24N4O3. The summed E-state index contributed by atoms with van der Waals surface area (Å²) in [4.78, 5) is 27.8. The minimum Gasteiger partial charge on any atom is -0.481 e. The summed E-state index contributed by atoms with van der Waals surface area (Å²) in [5.74, 6) is 0.703. The molecule has 0 radical (unpaired) electrons. The van der Waals surface area contributed by atoms with E-state index in [1.54, 1.807) is 0 Å². The number of oxazole rings is 1. The first kappa shape index (κ1) is 20.2. The molecule has 162 valence electrons. The Morgan fingerprint density at radius 1 is 0.906 bits per heavy atom. The third-order valence-electron chi connectivity index (χ3n) is 5.99. The molecule has 0 aliphatic carbocycles. The Morgan fingerprint density at radius 3 is 2.09 bits per heavy atom. The number of benzene rings is 2. The molecule has 2 aromatic heterocycles. The van der Waals surface area contributed by atoms with Gasteiger partial charge in [-0.3, -0.25) is 4.79 Å². The van der Waals surface area contributed by atoms with Crippen LogP contribution in [0.5, 0.6) is 0 Å². The monoisotopic (exact) mass is 428 g/mol. The van der Waals surface area contributed by atoms with Gasteiger partial charge in [0.2, 0.25) is 5.89 Å². The van der Waals surface area contributed by atoms with Crippen molar-refractivity contribution in [3.8, 4) is 22.8 Å². The molecule has 1 aliphatic rings. The summed E-state index contributed by atoms with van der Waals surface area (Å²) in [6.07, 6.45) is 1.15. The Hall–Kier alpha value is -3.74. The van der Waals surface area contributed by atoms with Gasteiger partial charge in [-0.05, 0) is 38.8 Å². The number of aliphatic carboxylic acids is 1. The fourth-order valence-electron chi connectivity index (χ4n) is 4.02. The maximum absolute atomic E-state index is 11.4. The van der Waals surface area contributed by atoms with E-state index in [9.17, 15) is 9.90 Å². The van der Waals surface area contributed by atoms with Crippen LogP contribution >= 0.6 is 0 Å². The van der Waals surface area contributed by atoms with Crippen LogP contribution < -0.4 is 4.90 Å². The molecule has 0 amide bonds. The molecule has 32 heavy (non-hydrogen) atoms. The smallest absolute Gasteiger partial charge is 0.306 e. The van der Waals surface area contributed by atoms with Crippen LogP contribution in [0.4, 0.5) is 5.82 Å². The van der Waals surface area contributed by atoms with Crippen LogP contribution in [-0.2, 0) is 4.79 Å². The molecule has 7 nitrogen and oxygen atoms in total. The first-order valence-electron chi connectivity index (χ1n) is 10.8. The van der Waals surface area contributed by atoms with E-state index < -0.39 is 5.97 Å². The standard InChI is InChI=1S/C25H24N4O3/c1-15-3-7-17(8-4-15)21-27-22(29-13-11-19(12-14-29)25(30)31)20-24(28-21)32-23(26-20)18-9-5-16(2)6-10-18/h3-10,19H,11-14H2,1-2H3,(H,30,31). The van der Waals surface area contributed by atoms with Crippen molar-refractivity contribution in [3.05, 3.63) is 59.7 Å². The van der Waals surface area contributed by atoms with E-state index in [0.29, 0.717) is 54.7 Å². The van der Waals surface area contributed by atoms with Gasteiger partial charge in [-0.2, -0.15) is 4.98 Å². The van der Waals surface area contributed by atoms with E-state index in [0.717, 1.165) is 22.3 Å². The molecule has 1 saturated heterocycles. The lowest BCUT2D eigenvalue weighted by Gasteiger charge is -2.31. The maximum Gasteiger partial charge on any atom is 0.306 e. The van der Waals surface area contributed by atoms with Crippen molar-refractivity contribution in [1.82, 2.24) is 15.0 Å². The summed E-state index contributed by atoms with van der Waals surface area (Å²) in [5, 5.41) is 9.36. The molecule has 1 N–H and O–H groups in total. The lowest BCUT2D eigenvalue weighted by molar-refractivity contribution is -0.142. The SMILES string of the molecule is Cc1ccc(-c2nc(N3CCC(C(=O)O)CC3)c3nc(-c4ccc(C)cc4)oc3n2)cc1. The average molecular weight is 428 g/mol. The fourth-order valence-corrected chi connectivity index (χ4v) is 4.02. The maximum atomic E-state index is 11.4. The van der Waals surface area contributed by atoms with E-state index in [-0.39, 0.29) is 5.92 Å². The van der Waals surface area contributed by atoms with Crippen molar-refractivity contribution in [2.75, 3.05) is 18.0 Å². The number of nitrogens with zero attached hydrogens (tertiary/aromatic N) is 4. The van der Waals surface area contributed by atoms with Gasteiger partial charge in [0.25, 0.3) is 5.71 Å². The number of fused-ring (bicyclic) bond motifs is 1. The van der Waals surface area contributed by atoms with Gasteiger partial charge < -0.3 is 14.4 Å². The van der Waals surface area contributed by atoms with Crippen molar-refractivity contribution in [2.24, 2.45) is 5.92 Å². The number of carboxylic acid groups (broad SMARTS) is 1. The first-order chi connectivity index (χ1) is 15.5. The molecule has 2 aromatic carbocycles. The summed E-state index contributed by atoms with van der Waals surface area (Å²) in [5.41, 5.74) is 5.13. The van der Waals surface area contributed by atoms with Gasteiger partial charge in [0.1, 0.15) is 0 Å². The van der Waals surface area contributed by atoms with Gasteiger partial charge in [-0.25, -0.2) is 9.97 Å². The molecule has 1 aliphatic heterocycles. The average Bonchev–Trinajstić information content (AvgIpc) is 3.23. The summed E-state index contributed by atoms with van der Waals surface area (Å²) in [6, 6.07) is 16.0. The second-order valence-corrected chi connectivity index (χ2v) is 8.38. The second-order valence-electron chi connectivity index (χ2n) is 8.38. The summed E-state index contributed by atoms with van der Waals surface area (Å²) in [6.45, 7) is 5.27. The van der Waals surface area contributed by atoms with Crippen LogP contribution in [-0.4, -0.2) is 39.1 Å². The largest absolute Gasteiger partial charge is 0.481 e. The normalized spacial score (nSPS) is 14.8. The molecule has 0 bridgehead atoms. The number of hydrogen-bond donors (Lipinski definition) is 1. The number of carbonyl (C=O) groups is 1. The van der Waals surface area contributed by atoms with E-state index >= 15 is 0 Å². The number of aromatic nitrogens is 3. The molecule has 7 heteroatoms. The summed E-state index contributed by atoms with van der Waals surface area (Å²) < 4.78 is 6.09. The van der Waals surface area contributed by atoms with E-state index in [1.807, 2.05) is 62.4 Å². The minimum absolute atomic E-state index is 0.319. The van der Waals surface area contributed by atoms with Crippen molar-refractivity contribution in [1.29, 1.82) is 0 Å². The van der Waals surface area contributed by atoms with Crippen LogP contribution in [0.25, 0.3) is 34.1 Å². The van der Waals surface area contributed by atoms with Crippen LogP contribution in [0.3, 0.4) is 0 Å². The van der Waals surface area contributed by atoms with Crippen LogP contribution in [0.2, 0.25) is 0 Å². The predicted molar refractivity (Wildman–Crippen MR) is 123 cm³/mol. The number of piperidine rings is 1. The van der Waals surface area contributed by atoms with Crippen molar-refractivity contribution < 1.29 is 14.3 Å². The molecule has 3 heterocycles. The molecule has 0 atom stereocenters. The van der Waals surface area contributed by atoms with Crippen LogP contribution in [0.15, 0.2) is 52.9 Å². The molecule has 0 saturated carbocycles. The number of hydrogen-bond acceptors (Lipinski definition) is 6. The van der Waals surface area contributed by atoms with Crippen molar-refractivity contribution >= 4 is 23.0 Å². The molecule has 0 spiro atoms. The third-order valence-corrected chi connectivity index (χ3v) is 5.99. The molecule has 0 unspecified atom stereocenters. The van der Waals surface area contributed by atoms with Crippen molar-refractivity contribution in [3.63, 3.8) is 0 Å². The topological polar surface area (TPSA) is 92.4 Å². The minimum atomic E-state index is -0.735. The van der Waals surface area contributed by atoms with Gasteiger partial charge in [0.15, 0.2) is 17.2 Å². The van der Waals surface area contributed by atoms with Gasteiger partial charge in [-0.1, -0.05) is 47.5 Å².